The molecule has 3 atom stereocenters. The Labute approximate surface area is 123 Å². The summed E-state index contributed by atoms with van der Waals surface area (Å²) in [5.41, 5.74) is 1.10. The van der Waals surface area contributed by atoms with Gasteiger partial charge in [0.15, 0.2) is 0 Å². The Bertz CT molecular complexity index is 518. The number of nitrogens with one attached hydrogen (secondary N) is 1. The van der Waals surface area contributed by atoms with Gasteiger partial charge in [-0.05, 0) is 37.0 Å². The van der Waals surface area contributed by atoms with Crippen LogP contribution in [0.25, 0.3) is 0 Å². The summed E-state index contributed by atoms with van der Waals surface area (Å²) in [4.78, 5) is 23.2. The third-order valence-corrected chi connectivity index (χ3v) is 3.73. The van der Waals surface area contributed by atoms with Gasteiger partial charge in [-0.3, -0.25) is 9.59 Å². The molecule has 108 valence electrons. The van der Waals surface area contributed by atoms with E-state index in [2.05, 4.69) is 10.1 Å². The molecule has 1 N–H and O–H groups in total. The fourth-order valence-corrected chi connectivity index (χ4v) is 2.52. The SMILES string of the molecule is COC(=O)C[C@H](C)NC(=O)[C@@H]1C[C@H]1c1cccc(Cl)c1. The first-order valence-electron chi connectivity index (χ1n) is 6.64. The maximum Gasteiger partial charge on any atom is 0.307 e. The number of hydrogen-bond donors (Lipinski definition) is 1. The molecular formula is C15H18ClNO3. The fourth-order valence-electron chi connectivity index (χ4n) is 2.32. The highest BCUT2D eigenvalue weighted by molar-refractivity contribution is 6.30. The Balaban J connectivity index is 1.85. The van der Waals surface area contributed by atoms with E-state index in [1.165, 1.54) is 7.11 Å². The smallest absolute Gasteiger partial charge is 0.307 e. The van der Waals surface area contributed by atoms with E-state index in [9.17, 15) is 9.59 Å². The molecular weight excluding hydrogens is 278 g/mol. The number of hydrogen-bond acceptors (Lipinski definition) is 3. The van der Waals surface area contributed by atoms with Crippen molar-refractivity contribution in [2.75, 3.05) is 7.11 Å². The lowest BCUT2D eigenvalue weighted by atomic mass is 10.1. The maximum atomic E-state index is 12.1. The molecule has 0 aromatic heterocycles. The predicted molar refractivity (Wildman–Crippen MR) is 76.5 cm³/mol. The number of benzene rings is 1. The van der Waals surface area contributed by atoms with E-state index in [1.807, 2.05) is 24.3 Å². The van der Waals surface area contributed by atoms with E-state index in [4.69, 9.17) is 11.6 Å². The number of esters is 1. The van der Waals surface area contributed by atoms with Crippen LogP contribution < -0.4 is 5.32 Å². The Hall–Kier alpha value is -1.55. The van der Waals surface area contributed by atoms with Gasteiger partial charge in [-0.1, -0.05) is 23.7 Å². The average Bonchev–Trinajstić information content (AvgIpc) is 3.18. The third kappa shape index (κ3) is 3.73. The standard InChI is InChI=1S/C15H18ClNO3/c1-9(6-14(18)20-2)17-15(19)13-8-12(13)10-4-3-5-11(16)7-10/h3-5,7,9,12-13H,6,8H2,1-2H3,(H,17,19)/t9-,12-,13+/m0/s1. The van der Waals surface area contributed by atoms with Crippen molar-refractivity contribution >= 4 is 23.5 Å². The van der Waals surface area contributed by atoms with Gasteiger partial charge < -0.3 is 10.1 Å². The first-order valence-corrected chi connectivity index (χ1v) is 7.01. The highest BCUT2D eigenvalue weighted by atomic mass is 35.5. The second kappa shape index (κ2) is 6.27. The third-order valence-electron chi connectivity index (χ3n) is 3.49. The maximum absolute atomic E-state index is 12.1. The first kappa shape index (κ1) is 14.9. The minimum absolute atomic E-state index is 0.00798. The highest BCUT2D eigenvalue weighted by Gasteiger charge is 2.44. The van der Waals surface area contributed by atoms with E-state index < -0.39 is 0 Å². The lowest BCUT2D eigenvalue weighted by molar-refractivity contribution is -0.141. The van der Waals surface area contributed by atoms with Crippen molar-refractivity contribution in [3.8, 4) is 0 Å². The Morgan fingerprint density at radius 2 is 2.25 bits per heavy atom. The quantitative estimate of drug-likeness (QED) is 0.849. The molecule has 1 amide bonds. The Morgan fingerprint density at radius 1 is 1.50 bits per heavy atom. The topological polar surface area (TPSA) is 55.4 Å². The number of amides is 1. The van der Waals surface area contributed by atoms with E-state index >= 15 is 0 Å². The van der Waals surface area contributed by atoms with Crippen molar-refractivity contribution in [1.29, 1.82) is 0 Å². The summed E-state index contributed by atoms with van der Waals surface area (Å²) in [7, 11) is 1.34. The molecule has 0 saturated heterocycles. The van der Waals surface area contributed by atoms with Crippen LogP contribution in [-0.4, -0.2) is 25.0 Å². The number of ether oxygens (including phenoxy) is 1. The monoisotopic (exact) mass is 295 g/mol. The molecule has 1 aliphatic rings. The largest absolute Gasteiger partial charge is 0.469 e. The first-order chi connectivity index (χ1) is 9.51. The molecule has 1 fully saturated rings. The summed E-state index contributed by atoms with van der Waals surface area (Å²) in [5.74, 6) is -0.112. The second-order valence-electron chi connectivity index (χ2n) is 5.19. The van der Waals surface area contributed by atoms with Crippen molar-refractivity contribution in [3.05, 3.63) is 34.9 Å². The molecule has 5 heteroatoms. The van der Waals surface area contributed by atoms with Crippen molar-refractivity contribution in [2.45, 2.75) is 31.7 Å². The molecule has 1 aromatic rings. The van der Waals surface area contributed by atoms with Crippen LogP contribution >= 0.6 is 11.6 Å². The molecule has 1 aliphatic carbocycles. The zero-order valence-corrected chi connectivity index (χ0v) is 12.3. The molecule has 20 heavy (non-hydrogen) atoms. The number of methoxy groups -OCH3 is 1. The summed E-state index contributed by atoms with van der Waals surface area (Å²) in [6.07, 6.45) is 1.02. The molecule has 0 heterocycles. The van der Waals surface area contributed by atoms with Gasteiger partial charge in [-0.2, -0.15) is 0 Å². The van der Waals surface area contributed by atoms with Crippen LogP contribution in [0.1, 0.15) is 31.2 Å². The van der Waals surface area contributed by atoms with Crippen LogP contribution in [0.3, 0.4) is 0 Å². The Kier molecular flexibility index (Phi) is 4.65. The van der Waals surface area contributed by atoms with Crippen LogP contribution in [0.4, 0.5) is 0 Å². The highest BCUT2D eigenvalue weighted by Crippen LogP contribution is 2.47. The van der Waals surface area contributed by atoms with Gasteiger partial charge in [0.05, 0.1) is 13.5 Å². The summed E-state index contributed by atoms with van der Waals surface area (Å²) in [6, 6.07) is 7.39. The van der Waals surface area contributed by atoms with E-state index in [-0.39, 0.29) is 36.2 Å². The zero-order chi connectivity index (χ0) is 14.7. The second-order valence-corrected chi connectivity index (χ2v) is 5.63. The van der Waals surface area contributed by atoms with Gasteiger partial charge in [0, 0.05) is 17.0 Å². The number of carbonyl (C=O) groups is 2. The molecule has 0 unspecified atom stereocenters. The fraction of sp³-hybridized carbons (Fsp3) is 0.467. The van der Waals surface area contributed by atoms with Gasteiger partial charge in [0.25, 0.3) is 0 Å². The number of carbonyl (C=O) groups excluding carboxylic acids is 2. The molecule has 0 spiro atoms. The summed E-state index contributed by atoms with van der Waals surface area (Å²) < 4.78 is 4.58. The van der Waals surface area contributed by atoms with Crippen molar-refractivity contribution in [2.24, 2.45) is 5.92 Å². The molecule has 4 nitrogen and oxygen atoms in total. The lowest BCUT2D eigenvalue weighted by Gasteiger charge is -2.12. The van der Waals surface area contributed by atoms with Crippen LogP contribution in [-0.2, 0) is 14.3 Å². The van der Waals surface area contributed by atoms with Gasteiger partial charge in [-0.15, -0.1) is 0 Å². The van der Waals surface area contributed by atoms with Gasteiger partial charge in [0.1, 0.15) is 0 Å². The number of rotatable bonds is 5. The average molecular weight is 296 g/mol. The molecule has 0 bridgehead atoms. The van der Waals surface area contributed by atoms with Crippen LogP contribution in [0.2, 0.25) is 5.02 Å². The van der Waals surface area contributed by atoms with Gasteiger partial charge in [-0.25, -0.2) is 0 Å². The molecule has 0 radical (unpaired) electrons. The van der Waals surface area contributed by atoms with Gasteiger partial charge in [0.2, 0.25) is 5.91 Å². The van der Waals surface area contributed by atoms with Crippen LogP contribution in [0.15, 0.2) is 24.3 Å². The van der Waals surface area contributed by atoms with E-state index in [0.717, 1.165) is 12.0 Å². The zero-order valence-electron chi connectivity index (χ0n) is 11.6. The Morgan fingerprint density at radius 3 is 2.90 bits per heavy atom. The molecule has 0 aliphatic heterocycles. The van der Waals surface area contributed by atoms with E-state index in [0.29, 0.717) is 5.02 Å². The summed E-state index contributed by atoms with van der Waals surface area (Å²) in [5, 5.41) is 3.54. The molecule has 2 rings (SSSR count). The summed E-state index contributed by atoms with van der Waals surface area (Å²) in [6.45, 7) is 1.80. The molecule has 1 aromatic carbocycles. The predicted octanol–water partition coefficient (Wildman–Crippen LogP) is 2.51. The molecule has 1 saturated carbocycles. The minimum atomic E-state index is -0.319. The normalized spacial score (nSPS) is 21.9. The van der Waals surface area contributed by atoms with Crippen LogP contribution in [0, 0.1) is 5.92 Å². The van der Waals surface area contributed by atoms with Crippen LogP contribution in [0.5, 0.6) is 0 Å². The summed E-state index contributed by atoms with van der Waals surface area (Å²) >= 11 is 5.95. The number of halogens is 1. The lowest BCUT2D eigenvalue weighted by Crippen LogP contribution is -2.35. The minimum Gasteiger partial charge on any atom is -0.469 e. The van der Waals surface area contributed by atoms with Gasteiger partial charge >= 0.3 is 5.97 Å². The van der Waals surface area contributed by atoms with E-state index in [1.54, 1.807) is 6.92 Å². The van der Waals surface area contributed by atoms with Crippen molar-refractivity contribution in [3.63, 3.8) is 0 Å². The van der Waals surface area contributed by atoms with Crippen molar-refractivity contribution < 1.29 is 14.3 Å². The van der Waals surface area contributed by atoms with Crippen molar-refractivity contribution in [1.82, 2.24) is 5.32 Å².